The van der Waals surface area contributed by atoms with Crippen LogP contribution in [-0.2, 0) is 0 Å². The molecule has 3 N–H and O–H groups in total. The molecule has 3 aromatic heterocycles. The van der Waals surface area contributed by atoms with E-state index in [4.69, 9.17) is 5.73 Å². The highest BCUT2D eigenvalue weighted by atomic mass is 32.1. The van der Waals surface area contributed by atoms with Gasteiger partial charge in [0.2, 0.25) is 0 Å². The zero-order valence-corrected chi connectivity index (χ0v) is 10.4. The van der Waals surface area contributed by atoms with Crippen LogP contribution in [0.5, 0.6) is 0 Å². The Balaban J connectivity index is 2.32. The Morgan fingerprint density at radius 2 is 2.05 bits per heavy atom. The van der Waals surface area contributed by atoms with Crippen LogP contribution in [0.3, 0.4) is 0 Å². The fourth-order valence-electron chi connectivity index (χ4n) is 1.76. The molecule has 3 aromatic rings. The van der Waals surface area contributed by atoms with Crippen molar-refractivity contribution in [3.8, 4) is 11.4 Å². The van der Waals surface area contributed by atoms with Crippen LogP contribution in [-0.4, -0.2) is 20.9 Å². The molecule has 1 amide bonds. The number of amides is 1. The fourth-order valence-corrected chi connectivity index (χ4v) is 2.60. The van der Waals surface area contributed by atoms with Crippen molar-refractivity contribution in [3.05, 3.63) is 45.1 Å². The SMILES string of the molecule is NC(=O)c1scc2c(=O)[nH]c(-c3ccncc3)nc12. The molecule has 7 heteroatoms. The molecule has 19 heavy (non-hydrogen) atoms. The molecule has 0 saturated carbocycles. The molecule has 0 saturated heterocycles. The summed E-state index contributed by atoms with van der Waals surface area (Å²) < 4.78 is 0. The molecular weight excluding hydrogens is 264 g/mol. The van der Waals surface area contributed by atoms with Crippen molar-refractivity contribution in [1.82, 2.24) is 15.0 Å². The second-order valence-electron chi connectivity index (χ2n) is 3.84. The van der Waals surface area contributed by atoms with Gasteiger partial charge in [0.25, 0.3) is 11.5 Å². The normalized spacial score (nSPS) is 10.7. The summed E-state index contributed by atoms with van der Waals surface area (Å²) in [5.41, 5.74) is 6.04. The van der Waals surface area contributed by atoms with Crippen LogP contribution in [0.2, 0.25) is 0 Å². The van der Waals surface area contributed by atoms with E-state index in [-0.39, 0.29) is 10.4 Å². The van der Waals surface area contributed by atoms with Gasteiger partial charge in [-0.2, -0.15) is 0 Å². The molecule has 0 aliphatic rings. The van der Waals surface area contributed by atoms with E-state index in [1.165, 1.54) is 0 Å². The number of aromatic amines is 1. The third kappa shape index (κ3) is 1.89. The number of aromatic nitrogens is 3. The van der Waals surface area contributed by atoms with Crippen LogP contribution >= 0.6 is 11.3 Å². The van der Waals surface area contributed by atoms with E-state index in [1.54, 1.807) is 29.9 Å². The van der Waals surface area contributed by atoms with E-state index >= 15 is 0 Å². The van der Waals surface area contributed by atoms with Crippen molar-refractivity contribution in [2.24, 2.45) is 5.73 Å². The first kappa shape index (κ1) is 11.5. The molecule has 0 spiro atoms. The van der Waals surface area contributed by atoms with Crippen molar-refractivity contribution in [2.45, 2.75) is 0 Å². The number of nitrogens with two attached hydrogens (primary N) is 1. The van der Waals surface area contributed by atoms with Crippen molar-refractivity contribution in [3.63, 3.8) is 0 Å². The summed E-state index contributed by atoms with van der Waals surface area (Å²) in [7, 11) is 0. The number of nitrogens with zero attached hydrogens (tertiary/aromatic N) is 2. The third-order valence-electron chi connectivity index (χ3n) is 2.64. The summed E-state index contributed by atoms with van der Waals surface area (Å²) in [5, 5.41) is 1.95. The summed E-state index contributed by atoms with van der Waals surface area (Å²) in [4.78, 5) is 34.4. The Morgan fingerprint density at radius 1 is 1.32 bits per heavy atom. The number of nitrogens with one attached hydrogen (secondary N) is 1. The lowest BCUT2D eigenvalue weighted by atomic mass is 10.2. The highest BCUT2D eigenvalue weighted by Gasteiger charge is 2.15. The topological polar surface area (TPSA) is 102 Å². The van der Waals surface area contributed by atoms with Gasteiger partial charge in [0.15, 0.2) is 0 Å². The average Bonchev–Trinajstić information content (AvgIpc) is 2.84. The maximum absolute atomic E-state index is 12.0. The van der Waals surface area contributed by atoms with E-state index in [9.17, 15) is 9.59 Å². The molecule has 0 aliphatic heterocycles. The first-order valence-corrected chi connectivity index (χ1v) is 6.26. The summed E-state index contributed by atoms with van der Waals surface area (Å²) >= 11 is 1.12. The number of carbonyl (C=O) groups is 1. The van der Waals surface area contributed by atoms with Gasteiger partial charge in [-0.05, 0) is 12.1 Å². The number of hydrogen-bond donors (Lipinski definition) is 2. The zero-order chi connectivity index (χ0) is 13.4. The van der Waals surface area contributed by atoms with E-state index in [1.807, 2.05) is 0 Å². The summed E-state index contributed by atoms with van der Waals surface area (Å²) in [6.07, 6.45) is 3.20. The Hall–Kier alpha value is -2.54. The fraction of sp³-hybridized carbons (Fsp3) is 0. The Labute approximate surface area is 110 Å². The van der Waals surface area contributed by atoms with Crippen molar-refractivity contribution in [1.29, 1.82) is 0 Å². The average molecular weight is 272 g/mol. The molecule has 0 fully saturated rings. The Bertz CT molecular complexity index is 823. The lowest BCUT2D eigenvalue weighted by molar-refractivity contribution is 0.101. The second kappa shape index (κ2) is 4.29. The summed E-state index contributed by atoms with van der Waals surface area (Å²) in [6.45, 7) is 0. The predicted octanol–water partition coefficient (Wildman–Crippen LogP) is 1.15. The van der Waals surface area contributed by atoms with Crippen LogP contribution in [0.1, 0.15) is 9.67 Å². The highest BCUT2D eigenvalue weighted by molar-refractivity contribution is 7.13. The number of rotatable bonds is 2. The smallest absolute Gasteiger partial charge is 0.261 e. The maximum atomic E-state index is 12.0. The van der Waals surface area contributed by atoms with Gasteiger partial charge in [-0.1, -0.05) is 0 Å². The minimum absolute atomic E-state index is 0.288. The van der Waals surface area contributed by atoms with Gasteiger partial charge in [-0.25, -0.2) is 4.98 Å². The maximum Gasteiger partial charge on any atom is 0.261 e. The number of pyridine rings is 1. The summed E-state index contributed by atoms with van der Waals surface area (Å²) in [5.74, 6) is -0.195. The largest absolute Gasteiger partial charge is 0.365 e. The number of H-pyrrole nitrogens is 1. The molecule has 6 nitrogen and oxygen atoms in total. The lowest BCUT2D eigenvalue weighted by Gasteiger charge is -2.01. The first-order chi connectivity index (χ1) is 9.16. The third-order valence-corrected chi connectivity index (χ3v) is 3.63. The minimum atomic E-state index is -0.584. The number of fused-ring (bicyclic) bond motifs is 1. The molecule has 0 radical (unpaired) electrons. The molecule has 3 rings (SSSR count). The van der Waals surface area contributed by atoms with Gasteiger partial charge in [0.1, 0.15) is 16.2 Å². The lowest BCUT2D eigenvalue weighted by Crippen LogP contribution is -2.12. The number of thiophene rings is 1. The molecule has 0 bridgehead atoms. The van der Waals surface area contributed by atoms with Crippen molar-refractivity contribution >= 4 is 28.1 Å². The highest BCUT2D eigenvalue weighted by Crippen LogP contribution is 2.23. The minimum Gasteiger partial charge on any atom is -0.365 e. The zero-order valence-electron chi connectivity index (χ0n) is 9.58. The Kier molecular flexibility index (Phi) is 2.60. The molecular formula is C12H8N4O2S. The van der Waals surface area contributed by atoms with E-state index in [0.717, 1.165) is 16.9 Å². The molecule has 0 aliphatic carbocycles. The van der Waals surface area contributed by atoms with E-state index in [2.05, 4.69) is 15.0 Å². The number of hydrogen-bond acceptors (Lipinski definition) is 5. The van der Waals surface area contributed by atoms with Crippen LogP contribution in [0.25, 0.3) is 22.3 Å². The first-order valence-electron chi connectivity index (χ1n) is 5.38. The van der Waals surface area contributed by atoms with E-state index in [0.29, 0.717) is 16.7 Å². The van der Waals surface area contributed by atoms with Gasteiger partial charge in [0, 0.05) is 23.3 Å². The number of carbonyl (C=O) groups excluding carboxylic acids is 1. The molecule has 94 valence electrons. The quantitative estimate of drug-likeness (QED) is 0.730. The number of primary amides is 1. The van der Waals surface area contributed by atoms with Crippen LogP contribution in [0.15, 0.2) is 34.7 Å². The van der Waals surface area contributed by atoms with Crippen LogP contribution in [0, 0.1) is 0 Å². The summed E-state index contributed by atoms with van der Waals surface area (Å²) in [6, 6.07) is 3.45. The van der Waals surface area contributed by atoms with Gasteiger partial charge in [-0.3, -0.25) is 14.6 Å². The second-order valence-corrected chi connectivity index (χ2v) is 4.72. The van der Waals surface area contributed by atoms with Crippen molar-refractivity contribution < 1.29 is 4.79 Å². The standard InChI is InChI=1S/C12H8N4O2S/c13-10(17)9-8-7(5-19-9)12(18)16-11(15-8)6-1-3-14-4-2-6/h1-5H,(H2,13,17)(H,15,16,18). The van der Waals surface area contributed by atoms with Crippen LogP contribution in [0.4, 0.5) is 0 Å². The van der Waals surface area contributed by atoms with Gasteiger partial charge >= 0.3 is 0 Å². The monoisotopic (exact) mass is 272 g/mol. The molecule has 3 heterocycles. The van der Waals surface area contributed by atoms with Gasteiger partial charge in [0.05, 0.1) is 5.39 Å². The van der Waals surface area contributed by atoms with Crippen LogP contribution < -0.4 is 11.3 Å². The van der Waals surface area contributed by atoms with Gasteiger partial charge < -0.3 is 10.7 Å². The van der Waals surface area contributed by atoms with Crippen molar-refractivity contribution in [2.75, 3.05) is 0 Å². The van der Waals surface area contributed by atoms with E-state index < -0.39 is 5.91 Å². The predicted molar refractivity (Wildman–Crippen MR) is 72.0 cm³/mol. The van der Waals surface area contributed by atoms with Gasteiger partial charge in [-0.15, -0.1) is 11.3 Å². The molecule has 0 unspecified atom stereocenters. The molecule has 0 atom stereocenters. The molecule has 0 aromatic carbocycles. The Morgan fingerprint density at radius 3 is 2.74 bits per heavy atom.